The fourth-order valence-electron chi connectivity index (χ4n) is 0.910. The predicted molar refractivity (Wildman–Crippen MR) is 46.7 cm³/mol. The van der Waals surface area contributed by atoms with Gasteiger partial charge in [-0.1, -0.05) is 11.6 Å². The molecule has 0 aromatic heterocycles. The third-order valence-electron chi connectivity index (χ3n) is 1.51. The van der Waals surface area contributed by atoms with E-state index in [9.17, 15) is 14.9 Å². The van der Waals surface area contributed by atoms with E-state index >= 15 is 0 Å². The molecule has 1 rings (SSSR count). The van der Waals surface area contributed by atoms with Crippen molar-refractivity contribution in [1.29, 1.82) is 0 Å². The van der Waals surface area contributed by atoms with Gasteiger partial charge in [0, 0.05) is 6.07 Å². The van der Waals surface area contributed by atoms with E-state index in [0.717, 1.165) is 12.1 Å². The van der Waals surface area contributed by atoms with Crippen LogP contribution in [-0.4, -0.2) is 21.1 Å². The third-order valence-corrected chi connectivity index (χ3v) is 1.89. The van der Waals surface area contributed by atoms with E-state index in [4.69, 9.17) is 21.8 Å². The van der Waals surface area contributed by atoms with Crippen LogP contribution in [-0.2, 0) is 0 Å². The largest absolute Gasteiger partial charge is 0.506 e. The number of benzene rings is 1. The fraction of sp³-hybridized carbons (Fsp3) is 0. The van der Waals surface area contributed by atoms with Crippen LogP contribution in [0.5, 0.6) is 5.75 Å². The third kappa shape index (κ3) is 1.60. The normalized spacial score (nSPS) is 9.79. The van der Waals surface area contributed by atoms with Crippen molar-refractivity contribution in [3.63, 3.8) is 0 Å². The molecule has 1 aromatic rings. The molecule has 14 heavy (non-hydrogen) atoms. The van der Waals surface area contributed by atoms with Gasteiger partial charge >= 0.3 is 5.97 Å². The highest BCUT2D eigenvalue weighted by Crippen LogP contribution is 2.33. The molecule has 2 N–H and O–H groups in total. The molecule has 0 radical (unpaired) electrons. The number of phenolic OH excluding ortho intramolecular Hbond substituents is 1. The average molecular weight is 218 g/mol. The maximum Gasteiger partial charge on any atom is 0.344 e. The summed E-state index contributed by atoms with van der Waals surface area (Å²) in [5.74, 6) is -2.06. The quantitative estimate of drug-likeness (QED) is 0.579. The minimum absolute atomic E-state index is 0.505. The molecule has 0 heterocycles. The summed E-state index contributed by atoms with van der Waals surface area (Å²) >= 11 is 5.40. The van der Waals surface area contributed by atoms with Crippen LogP contribution in [0.3, 0.4) is 0 Å². The number of nitro groups is 1. The number of carbonyl (C=O) groups is 1. The van der Waals surface area contributed by atoms with Crippen LogP contribution >= 0.6 is 11.6 Å². The van der Waals surface area contributed by atoms with Gasteiger partial charge in [0.1, 0.15) is 10.8 Å². The molecule has 0 fully saturated rings. The first-order chi connectivity index (χ1) is 6.45. The van der Waals surface area contributed by atoms with Gasteiger partial charge in [-0.15, -0.1) is 0 Å². The summed E-state index contributed by atoms with van der Waals surface area (Å²) in [6.45, 7) is 0. The van der Waals surface area contributed by atoms with E-state index in [1.165, 1.54) is 0 Å². The number of carboxylic acids is 1. The van der Waals surface area contributed by atoms with Gasteiger partial charge in [0.05, 0.1) is 4.92 Å². The lowest BCUT2D eigenvalue weighted by atomic mass is 10.1. The first-order valence-corrected chi connectivity index (χ1v) is 3.72. The molecule has 0 aliphatic rings. The van der Waals surface area contributed by atoms with Crippen LogP contribution in [0.15, 0.2) is 12.1 Å². The van der Waals surface area contributed by atoms with Crippen LogP contribution in [0.1, 0.15) is 10.4 Å². The Bertz CT molecular complexity index is 417. The van der Waals surface area contributed by atoms with E-state index in [-0.39, 0.29) is 0 Å². The Kier molecular flexibility index (Phi) is 2.57. The highest BCUT2D eigenvalue weighted by Gasteiger charge is 2.25. The molecule has 0 unspecified atom stereocenters. The molecule has 0 aliphatic heterocycles. The van der Waals surface area contributed by atoms with E-state index < -0.39 is 32.9 Å². The minimum Gasteiger partial charge on any atom is -0.506 e. The van der Waals surface area contributed by atoms with Crippen LogP contribution < -0.4 is 0 Å². The van der Waals surface area contributed by atoms with Crippen molar-refractivity contribution >= 4 is 23.3 Å². The van der Waals surface area contributed by atoms with Gasteiger partial charge in [-0.05, 0) is 6.07 Å². The maximum absolute atomic E-state index is 10.6. The maximum atomic E-state index is 10.6. The number of halogens is 1. The van der Waals surface area contributed by atoms with Crippen molar-refractivity contribution in [1.82, 2.24) is 0 Å². The molecule has 0 aliphatic carbocycles. The molecule has 0 amide bonds. The van der Waals surface area contributed by atoms with Gasteiger partial charge < -0.3 is 10.2 Å². The summed E-state index contributed by atoms with van der Waals surface area (Å²) in [5, 5.41) is 27.5. The van der Waals surface area contributed by atoms with Gasteiger partial charge in [-0.2, -0.15) is 0 Å². The highest BCUT2D eigenvalue weighted by molar-refractivity contribution is 6.35. The lowest BCUT2D eigenvalue weighted by Gasteiger charge is -2.01. The standard InChI is InChI=1S/C7H4ClNO5/c8-6-4(10)2-1-3(9(13)14)5(6)7(11)12/h1-2,10H,(H,11,12). The fourth-order valence-corrected chi connectivity index (χ4v) is 1.15. The van der Waals surface area contributed by atoms with E-state index in [1.54, 1.807) is 0 Å². The highest BCUT2D eigenvalue weighted by atomic mass is 35.5. The molecule has 0 bridgehead atoms. The van der Waals surface area contributed by atoms with Crippen molar-refractivity contribution in [3.8, 4) is 5.75 Å². The Balaban J connectivity index is 3.53. The van der Waals surface area contributed by atoms with Crippen molar-refractivity contribution < 1.29 is 19.9 Å². The molecule has 7 heteroatoms. The molecular weight excluding hydrogens is 214 g/mol. The number of hydrogen-bond acceptors (Lipinski definition) is 4. The van der Waals surface area contributed by atoms with Gasteiger partial charge in [0.25, 0.3) is 5.69 Å². The molecule has 6 nitrogen and oxygen atoms in total. The summed E-state index contributed by atoms with van der Waals surface area (Å²) in [4.78, 5) is 20.1. The lowest BCUT2D eigenvalue weighted by molar-refractivity contribution is -0.385. The Morgan fingerprint density at radius 3 is 2.50 bits per heavy atom. The van der Waals surface area contributed by atoms with Crippen LogP contribution in [0.4, 0.5) is 5.69 Å². The number of hydrogen-bond donors (Lipinski definition) is 2. The smallest absolute Gasteiger partial charge is 0.344 e. The molecule has 0 spiro atoms. The summed E-state index contributed by atoms with van der Waals surface area (Å²) < 4.78 is 0. The van der Waals surface area contributed by atoms with Crippen LogP contribution in [0.2, 0.25) is 5.02 Å². The van der Waals surface area contributed by atoms with Gasteiger partial charge in [-0.3, -0.25) is 10.1 Å². The summed E-state index contributed by atoms with van der Waals surface area (Å²) in [6, 6.07) is 1.84. The topological polar surface area (TPSA) is 101 Å². The van der Waals surface area contributed by atoms with Crippen LogP contribution in [0.25, 0.3) is 0 Å². The number of phenols is 1. The molecule has 0 saturated carbocycles. The van der Waals surface area contributed by atoms with E-state index in [1.807, 2.05) is 0 Å². The number of aromatic carboxylic acids is 1. The summed E-state index contributed by atoms with van der Waals surface area (Å²) in [6.07, 6.45) is 0. The number of rotatable bonds is 2. The number of carboxylic acid groups (broad SMARTS) is 1. The SMILES string of the molecule is O=C(O)c1c([N+](=O)[O-])ccc(O)c1Cl. The number of nitrogens with zero attached hydrogens (tertiary/aromatic N) is 1. The van der Waals surface area contributed by atoms with Crippen LogP contribution in [0, 0.1) is 10.1 Å². The zero-order valence-electron chi connectivity index (χ0n) is 6.60. The van der Waals surface area contributed by atoms with Crippen molar-refractivity contribution in [2.75, 3.05) is 0 Å². The molecule has 0 saturated heterocycles. The summed E-state index contributed by atoms with van der Waals surface area (Å²) in [7, 11) is 0. The Labute approximate surface area is 82.5 Å². The van der Waals surface area contributed by atoms with Crippen molar-refractivity contribution in [3.05, 3.63) is 32.8 Å². The minimum atomic E-state index is -1.56. The monoisotopic (exact) mass is 217 g/mol. The van der Waals surface area contributed by atoms with E-state index in [0.29, 0.717) is 0 Å². The molecule has 74 valence electrons. The molecular formula is C7H4ClNO5. The first kappa shape index (κ1) is 10.3. The zero-order chi connectivity index (χ0) is 10.9. The predicted octanol–water partition coefficient (Wildman–Crippen LogP) is 1.65. The zero-order valence-corrected chi connectivity index (χ0v) is 7.35. The second kappa shape index (κ2) is 3.51. The second-order valence-electron chi connectivity index (χ2n) is 2.36. The Morgan fingerprint density at radius 2 is 2.07 bits per heavy atom. The van der Waals surface area contributed by atoms with Crippen molar-refractivity contribution in [2.24, 2.45) is 0 Å². The Hall–Kier alpha value is -1.82. The van der Waals surface area contributed by atoms with Gasteiger partial charge in [0.2, 0.25) is 0 Å². The van der Waals surface area contributed by atoms with Crippen molar-refractivity contribution in [2.45, 2.75) is 0 Å². The second-order valence-corrected chi connectivity index (χ2v) is 2.73. The summed E-state index contributed by atoms with van der Waals surface area (Å²) in [5.41, 5.74) is -1.36. The van der Waals surface area contributed by atoms with Gasteiger partial charge in [-0.25, -0.2) is 4.79 Å². The number of nitro benzene ring substituents is 1. The molecule has 1 aromatic carbocycles. The molecule has 0 atom stereocenters. The first-order valence-electron chi connectivity index (χ1n) is 3.34. The lowest BCUT2D eigenvalue weighted by Crippen LogP contribution is -2.03. The Morgan fingerprint density at radius 1 is 1.50 bits per heavy atom. The van der Waals surface area contributed by atoms with Gasteiger partial charge in [0.15, 0.2) is 5.56 Å². The average Bonchev–Trinajstić information content (AvgIpc) is 2.08. The number of aromatic hydroxyl groups is 1. The van der Waals surface area contributed by atoms with E-state index in [2.05, 4.69) is 0 Å².